The summed E-state index contributed by atoms with van der Waals surface area (Å²) in [5, 5.41) is 7.11. The van der Waals surface area contributed by atoms with Gasteiger partial charge in [-0.25, -0.2) is 0 Å². The molecule has 0 unspecified atom stereocenters. The molecule has 20 heavy (non-hydrogen) atoms. The van der Waals surface area contributed by atoms with Crippen molar-refractivity contribution >= 4 is 23.4 Å². The summed E-state index contributed by atoms with van der Waals surface area (Å²) in [6, 6.07) is 8.38. The second kappa shape index (κ2) is 5.29. The van der Waals surface area contributed by atoms with Crippen LogP contribution in [0.3, 0.4) is 0 Å². The van der Waals surface area contributed by atoms with Gasteiger partial charge in [-0.1, -0.05) is 12.1 Å². The summed E-state index contributed by atoms with van der Waals surface area (Å²) in [5.41, 5.74) is 10.6. The second-order valence-corrected chi connectivity index (χ2v) is 6.26. The van der Waals surface area contributed by atoms with E-state index in [4.69, 9.17) is 5.73 Å². The first-order valence-corrected chi connectivity index (χ1v) is 7.79. The Labute approximate surface area is 122 Å². The van der Waals surface area contributed by atoms with Crippen molar-refractivity contribution in [3.63, 3.8) is 0 Å². The highest BCUT2D eigenvalue weighted by atomic mass is 32.1. The number of hydrogen-bond donors (Lipinski definition) is 2. The van der Waals surface area contributed by atoms with E-state index in [-0.39, 0.29) is 5.54 Å². The average Bonchev–Trinajstić information content (AvgIpc) is 3.00. The van der Waals surface area contributed by atoms with Crippen molar-refractivity contribution < 1.29 is 4.79 Å². The van der Waals surface area contributed by atoms with Gasteiger partial charge in [0.25, 0.3) is 0 Å². The molecular weight excluding hydrogens is 268 g/mol. The van der Waals surface area contributed by atoms with Gasteiger partial charge in [0.2, 0.25) is 6.41 Å². The zero-order valence-electron chi connectivity index (χ0n) is 11.3. The van der Waals surface area contributed by atoms with E-state index in [9.17, 15) is 4.79 Å². The molecule has 1 fully saturated rings. The van der Waals surface area contributed by atoms with E-state index < -0.39 is 0 Å². The first kappa shape index (κ1) is 13.2. The lowest BCUT2D eigenvalue weighted by atomic mass is 9.99. The van der Waals surface area contributed by atoms with Crippen LogP contribution in [0.4, 0.5) is 5.69 Å². The molecule has 1 amide bonds. The molecule has 104 valence electrons. The molecule has 2 aromatic rings. The highest BCUT2D eigenvalue weighted by molar-refractivity contribution is 7.08. The molecule has 0 saturated heterocycles. The van der Waals surface area contributed by atoms with Crippen molar-refractivity contribution in [2.75, 3.05) is 5.73 Å². The van der Waals surface area contributed by atoms with Crippen LogP contribution < -0.4 is 11.1 Å². The summed E-state index contributed by atoms with van der Waals surface area (Å²) in [6.45, 7) is 0. The van der Waals surface area contributed by atoms with Gasteiger partial charge in [0, 0.05) is 16.8 Å². The molecule has 3 N–H and O–H groups in total. The molecule has 1 aliphatic rings. The van der Waals surface area contributed by atoms with Crippen molar-refractivity contribution in [1.82, 2.24) is 5.32 Å². The summed E-state index contributed by atoms with van der Waals surface area (Å²) in [5.74, 6) is 0. The number of nitrogens with two attached hydrogens (primary N) is 1. The molecule has 4 heteroatoms. The monoisotopic (exact) mass is 286 g/mol. The van der Waals surface area contributed by atoms with Crippen molar-refractivity contribution in [2.24, 2.45) is 0 Å². The van der Waals surface area contributed by atoms with Gasteiger partial charge in [-0.15, -0.1) is 0 Å². The van der Waals surface area contributed by atoms with E-state index in [1.54, 1.807) is 11.3 Å². The van der Waals surface area contributed by atoms with E-state index >= 15 is 0 Å². The molecule has 1 aromatic carbocycles. The second-order valence-electron chi connectivity index (χ2n) is 5.48. The minimum absolute atomic E-state index is 0.0581. The van der Waals surface area contributed by atoms with Gasteiger partial charge >= 0.3 is 0 Å². The molecule has 0 aliphatic heterocycles. The standard InChI is InChI=1S/C16H18N2OS/c17-15-9-12(3-5-16(6-7-16)18-11-19)1-2-14(15)13-4-8-20-10-13/h1-2,4,8-11H,3,5-7,17H2,(H,18,19). The largest absolute Gasteiger partial charge is 0.398 e. The van der Waals surface area contributed by atoms with Crippen LogP contribution in [-0.2, 0) is 11.2 Å². The van der Waals surface area contributed by atoms with Gasteiger partial charge < -0.3 is 11.1 Å². The fourth-order valence-electron chi connectivity index (χ4n) is 2.57. The van der Waals surface area contributed by atoms with E-state index in [2.05, 4.69) is 40.3 Å². The lowest BCUT2D eigenvalue weighted by Crippen LogP contribution is -2.30. The number of carbonyl (C=O) groups excluding carboxylic acids is 1. The highest BCUT2D eigenvalue weighted by Crippen LogP contribution is 2.39. The number of rotatable bonds is 6. The molecule has 1 aliphatic carbocycles. The topological polar surface area (TPSA) is 55.1 Å². The molecule has 0 atom stereocenters. The SMILES string of the molecule is Nc1cc(CCC2(NC=O)CC2)ccc1-c1ccsc1. The van der Waals surface area contributed by atoms with Crippen LogP contribution in [0.15, 0.2) is 35.0 Å². The maximum absolute atomic E-state index is 10.6. The van der Waals surface area contributed by atoms with Crippen LogP contribution in [0.2, 0.25) is 0 Å². The number of nitrogen functional groups attached to an aromatic ring is 1. The number of carbonyl (C=O) groups is 1. The van der Waals surface area contributed by atoms with Gasteiger partial charge in [0.15, 0.2) is 0 Å². The molecule has 0 bridgehead atoms. The molecule has 1 heterocycles. The predicted molar refractivity (Wildman–Crippen MR) is 83.7 cm³/mol. The van der Waals surface area contributed by atoms with E-state index in [0.29, 0.717) is 0 Å². The van der Waals surface area contributed by atoms with Gasteiger partial charge in [-0.2, -0.15) is 11.3 Å². The molecule has 3 nitrogen and oxygen atoms in total. The number of aryl methyl sites for hydroxylation is 1. The lowest BCUT2D eigenvalue weighted by molar-refractivity contribution is -0.110. The summed E-state index contributed by atoms with van der Waals surface area (Å²) in [6.07, 6.45) is 4.95. The highest BCUT2D eigenvalue weighted by Gasteiger charge is 2.41. The zero-order valence-corrected chi connectivity index (χ0v) is 12.1. The Balaban J connectivity index is 1.70. The molecule has 0 radical (unpaired) electrons. The van der Waals surface area contributed by atoms with Crippen LogP contribution in [0, 0.1) is 0 Å². The average molecular weight is 286 g/mol. The van der Waals surface area contributed by atoms with Crippen molar-refractivity contribution in [2.45, 2.75) is 31.2 Å². The Hall–Kier alpha value is -1.81. The number of thiophene rings is 1. The summed E-state index contributed by atoms with van der Waals surface area (Å²) < 4.78 is 0. The predicted octanol–water partition coefficient (Wildman–Crippen LogP) is 3.21. The minimum atomic E-state index is 0.0581. The fraction of sp³-hybridized carbons (Fsp3) is 0.312. The lowest BCUT2D eigenvalue weighted by Gasteiger charge is -2.14. The molecule has 1 saturated carbocycles. The quantitative estimate of drug-likeness (QED) is 0.633. The third kappa shape index (κ3) is 2.70. The maximum Gasteiger partial charge on any atom is 0.207 e. The van der Waals surface area contributed by atoms with Gasteiger partial charge in [0.05, 0.1) is 0 Å². The van der Waals surface area contributed by atoms with E-state index in [1.807, 2.05) is 0 Å². The number of benzene rings is 1. The number of hydrogen-bond acceptors (Lipinski definition) is 3. The van der Waals surface area contributed by atoms with Gasteiger partial charge in [-0.05, 0) is 59.7 Å². The zero-order chi connectivity index (χ0) is 14.0. The third-order valence-electron chi connectivity index (χ3n) is 4.06. The van der Waals surface area contributed by atoms with Crippen molar-refractivity contribution in [1.29, 1.82) is 0 Å². The normalized spacial score (nSPS) is 15.8. The number of amides is 1. The summed E-state index contributed by atoms with van der Waals surface area (Å²) in [4.78, 5) is 10.6. The van der Waals surface area contributed by atoms with Crippen molar-refractivity contribution in [3.8, 4) is 11.1 Å². The maximum atomic E-state index is 10.6. The van der Waals surface area contributed by atoms with Crippen LogP contribution in [0.25, 0.3) is 11.1 Å². The van der Waals surface area contributed by atoms with Gasteiger partial charge in [-0.3, -0.25) is 4.79 Å². The smallest absolute Gasteiger partial charge is 0.207 e. The number of nitrogens with one attached hydrogen (secondary N) is 1. The Bertz CT molecular complexity index is 603. The first-order chi connectivity index (χ1) is 9.72. The fourth-order valence-corrected chi connectivity index (χ4v) is 3.23. The Morgan fingerprint density at radius 1 is 1.35 bits per heavy atom. The van der Waals surface area contributed by atoms with Crippen LogP contribution >= 0.6 is 11.3 Å². The van der Waals surface area contributed by atoms with Crippen molar-refractivity contribution in [3.05, 3.63) is 40.6 Å². The Morgan fingerprint density at radius 2 is 2.20 bits per heavy atom. The summed E-state index contributed by atoms with van der Waals surface area (Å²) in [7, 11) is 0. The number of anilines is 1. The molecular formula is C16H18N2OS. The first-order valence-electron chi connectivity index (χ1n) is 6.85. The van der Waals surface area contributed by atoms with Crippen LogP contribution in [0.5, 0.6) is 0 Å². The van der Waals surface area contributed by atoms with E-state index in [1.165, 1.54) is 11.1 Å². The van der Waals surface area contributed by atoms with Crippen LogP contribution in [0.1, 0.15) is 24.8 Å². The third-order valence-corrected chi connectivity index (χ3v) is 4.74. The van der Waals surface area contributed by atoms with E-state index in [0.717, 1.165) is 43.3 Å². The summed E-state index contributed by atoms with van der Waals surface area (Å²) >= 11 is 1.68. The Morgan fingerprint density at radius 3 is 2.80 bits per heavy atom. The molecule has 0 spiro atoms. The van der Waals surface area contributed by atoms with Crippen LogP contribution in [-0.4, -0.2) is 11.9 Å². The molecule has 3 rings (SSSR count). The Kier molecular flexibility index (Phi) is 3.49. The van der Waals surface area contributed by atoms with Gasteiger partial charge in [0.1, 0.15) is 0 Å². The molecule has 1 aromatic heterocycles. The minimum Gasteiger partial charge on any atom is -0.398 e.